The number of carbonyl (C=O) groups is 1. The number of benzene rings is 2. The van der Waals surface area contributed by atoms with E-state index in [0.717, 1.165) is 0 Å². The van der Waals surface area contributed by atoms with Crippen LogP contribution in [0.2, 0.25) is 0 Å². The molecule has 0 heterocycles. The zero-order chi connectivity index (χ0) is 14.6. The summed E-state index contributed by atoms with van der Waals surface area (Å²) in [5.41, 5.74) is 0.852. The highest BCUT2D eigenvalue weighted by Crippen LogP contribution is 2.26. The van der Waals surface area contributed by atoms with Crippen LogP contribution < -0.4 is 0 Å². The fourth-order valence-corrected chi connectivity index (χ4v) is 3.72. The summed E-state index contributed by atoms with van der Waals surface area (Å²) in [5, 5.41) is 7.72. The number of hydrogen-bond donors (Lipinski definition) is 1. The second kappa shape index (κ2) is 5.88. The highest BCUT2D eigenvalue weighted by molar-refractivity contribution is 7.91. The van der Waals surface area contributed by atoms with Crippen LogP contribution in [0.25, 0.3) is 0 Å². The van der Waals surface area contributed by atoms with Crippen LogP contribution in [0, 0.1) is 0 Å². The normalized spacial score (nSPS) is 12.8. The van der Waals surface area contributed by atoms with Crippen molar-refractivity contribution in [2.75, 3.05) is 0 Å². The van der Waals surface area contributed by atoms with Gasteiger partial charge in [-0.1, -0.05) is 60.7 Å². The van der Waals surface area contributed by atoms with Gasteiger partial charge < -0.3 is 5.11 Å². The molecular weight excluding hydrogens is 276 g/mol. The summed E-state index contributed by atoms with van der Waals surface area (Å²) in [7, 11) is -3.83. The zero-order valence-electron chi connectivity index (χ0n) is 10.6. The average molecular weight is 290 g/mol. The third-order valence-electron chi connectivity index (χ3n) is 2.90. The van der Waals surface area contributed by atoms with Gasteiger partial charge >= 0.3 is 5.97 Å². The molecule has 0 saturated heterocycles. The summed E-state index contributed by atoms with van der Waals surface area (Å²) in [5.74, 6) is -1.65. The van der Waals surface area contributed by atoms with E-state index in [1.165, 1.54) is 12.1 Å². The molecule has 0 saturated carbocycles. The largest absolute Gasteiger partial charge is 0.480 e. The van der Waals surface area contributed by atoms with E-state index in [9.17, 15) is 18.3 Å². The Morgan fingerprint density at radius 1 is 0.950 bits per heavy atom. The monoisotopic (exact) mass is 290 g/mol. The van der Waals surface area contributed by atoms with Crippen molar-refractivity contribution in [1.29, 1.82) is 0 Å². The Morgan fingerprint density at radius 3 is 1.95 bits per heavy atom. The Morgan fingerprint density at radius 2 is 1.45 bits per heavy atom. The molecule has 1 N–H and O–H groups in total. The van der Waals surface area contributed by atoms with E-state index in [4.69, 9.17) is 0 Å². The average Bonchev–Trinajstić information content (AvgIpc) is 2.39. The minimum atomic E-state index is -3.83. The second-order valence-electron chi connectivity index (χ2n) is 4.42. The highest BCUT2D eigenvalue weighted by atomic mass is 32.2. The lowest BCUT2D eigenvalue weighted by Gasteiger charge is -2.14. The lowest BCUT2D eigenvalue weighted by molar-refractivity contribution is -0.136. The molecule has 0 aliphatic carbocycles. The van der Waals surface area contributed by atoms with Crippen LogP contribution in [0.1, 0.15) is 16.4 Å². The van der Waals surface area contributed by atoms with Crippen LogP contribution in [0.15, 0.2) is 60.7 Å². The molecule has 2 aromatic carbocycles. The van der Waals surface area contributed by atoms with E-state index >= 15 is 0 Å². The van der Waals surface area contributed by atoms with E-state index < -0.39 is 21.1 Å². The lowest BCUT2D eigenvalue weighted by atomic mass is 10.1. The van der Waals surface area contributed by atoms with Crippen molar-refractivity contribution in [3.05, 3.63) is 71.8 Å². The molecule has 0 amide bonds. The molecule has 0 spiro atoms. The Hall–Kier alpha value is -2.14. The van der Waals surface area contributed by atoms with Crippen molar-refractivity contribution in [2.24, 2.45) is 0 Å². The second-order valence-corrected chi connectivity index (χ2v) is 6.51. The maximum atomic E-state index is 12.4. The van der Waals surface area contributed by atoms with Crippen LogP contribution in [-0.2, 0) is 20.4 Å². The summed E-state index contributed by atoms with van der Waals surface area (Å²) in [4.78, 5) is 11.4. The van der Waals surface area contributed by atoms with Gasteiger partial charge in [-0.15, -0.1) is 0 Å². The summed E-state index contributed by atoms with van der Waals surface area (Å²) in [6.45, 7) is 0. The van der Waals surface area contributed by atoms with Crippen molar-refractivity contribution >= 4 is 15.8 Å². The van der Waals surface area contributed by atoms with Crippen molar-refractivity contribution in [1.82, 2.24) is 0 Å². The summed E-state index contributed by atoms with van der Waals surface area (Å²) in [6, 6.07) is 16.6. The fourth-order valence-electron chi connectivity index (χ4n) is 2.02. The van der Waals surface area contributed by atoms with E-state index in [0.29, 0.717) is 5.56 Å². The molecule has 0 aliphatic rings. The minimum Gasteiger partial charge on any atom is -0.480 e. The van der Waals surface area contributed by atoms with Gasteiger partial charge in [-0.2, -0.15) is 0 Å². The van der Waals surface area contributed by atoms with Gasteiger partial charge in [0.05, 0.1) is 5.75 Å². The standard InChI is InChI=1S/C15H14O4S/c16-15(17)14(13-9-5-2-6-10-13)20(18,19)11-12-7-3-1-4-8-12/h1-10,14H,11H2,(H,16,17). The zero-order valence-corrected chi connectivity index (χ0v) is 11.5. The van der Waals surface area contributed by atoms with Crippen molar-refractivity contribution in [3.63, 3.8) is 0 Å². The predicted octanol–water partition coefficient (Wildman–Crippen LogP) is 2.43. The molecule has 0 bridgehead atoms. The van der Waals surface area contributed by atoms with Gasteiger partial charge in [0, 0.05) is 0 Å². The Balaban J connectivity index is 2.37. The molecule has 1 atom stereocenters. The van der Waals surface area contributed by atoms with Crippen LogP contribution in [0.4, 0.5) is 0 Å². The molecule has 1 unspecified atom stereocenters. The SMILES string of the molecule is O=C(O)C(c1ccccc1)S(=O)(=O)Cc1ccccc1. The number of sulfone groups is 1. The number of aliphatic carboxylic acids is 1. The third kappa shape index (κ3) is 3.24. The van der Waals surface area contributed by atoms with E-state index in [1.54, 1.807) is 48.5 Å². The van der Waals surface area contributed by atoms with Crippen LogP contribution in [-0.4, -0.2) is 19.5 Å². The molecular formula is C15H14O4S. The number of rotatable bonds is 5. The first-order chi connectivity index (χ1) is 9.50. The predicted molar refractivity (Wildman–Crippen MR) is 75.9 cm³/mol. The smallest absolute Gasteiger partial charge is 0.326 e. The maximum absolute atomic E-state index is 12.4. The van der Waals surface area contributed by atoms with Crippen molar-refractivity contribution in [3.8, 4) is 0 Å². The van der Waals surface area contributed by atoms with Gasteiger partial charge in [0.15, 0.2) is 15.1 Å². The summed E-state index contributed by atoms with van der Waals surface area (Å²) >= 11 is 0. The Kier molecular flexibility index (Phi) is 4.20. The molecule has 0 aromatic heterocycles. The van der Waals surface area contributed by atoms with Gasteiger partial charge in [0.25, 0.3) is 0 Å². The van der Waals surface area contributed by atoms with E-state index in [-0.39, 0.29) is 11.3 Å². The maximum Gasteiger partial charge on any atom is 0.326 e. The van der Waals surface area contributed by atoms with Crippen molar-refractivity contribution < 1.29 is 18.3 Å². The minimum absolute atomic E-state index is 0.274. The van der Waals surface area contributed by atoms with Crippen LogP contribution in [0.3, 0.4) is 0 Å². The van der Waals surface area contributed by atoms with E-state index in [1.807, 2.05) is 0 Å². The molecule has 0 fully saturated rings. The molecule has 5 heteroatoms. The molecule has 0 aliphatic heterocycles. The van der Waals surface area contributed by atoms with Gasteiger partial charge in [-0.25, -0.2) is 8.42 Å². The number of hydrogen-bond acceptors (Lipinski definition) is 3. The highest BCUT2D eigenvalue weighted by Gasteiger charge is 2.33. The first-order valence-electron chi connectivity index (χ1n) is 6.04. The number of carboxylic acid groups (broad SMARTS) is 1. The summed E-state index contributed by atoms with van der Waals surface area (Å²) in [6.07, 6.45) is 0. The molecule has 4 nitrogen and oxygen atoms in total. The van der Waals surface area contributed by atoms with Gasteiger partial charge in [-0.3, -0.25) is 4.79 Å². The molecule has 2 rings (SSSR count). The fraction of sp³-hybridized carbons (Fsp3) is 0.133. The topological polar surface area (TPSA) is 71.4 Å². The Labute approximate surface area is 117 Å². The van der Waals surface area contributed by atoms with E-state index in [2.05, 4.69) is 0 Å². The van der Waals surface area contributed by atoms with Crippen LogP contribution >= 0.6 is 0 Å². The molecule has 2 aromatic rings. The quantitative estimate of drug-likeness (QED) is 0.918. The Bertz CT molecular complexity index is 678. The molecule has 20 heavy (non-hydrogen) atoms. The molecule has 104 valence electrons. The first kappa shape index (κ1) is 14.3. The first-order valence-corrected chi connectivity index (χ1v) is 7.75. The van der Waals surface area contributed by atoms with Crippen LogP contribution in [0.5, 0.6) is 0 Å². The third-order valence-corrected chi connectivity index (χ3v) is 4.82. The van der Waals surface area contributed by atoms with Gasteiger partial charge in [0.1, 0.15) is 0 Å². The lowest BCUT2D eigenvalue weighted by Crippen LogP contribution is -2.23. The number of carboxylic acids is 1. The van der Waals surface area contributed by atoms with Crippen molar-refractivity contribution in [2.45, 2.75) is 11.0 Å². The van der Waals surface area contributed by atoms with Gasteiger partial charge in [-0.05, 0) is 11.1 Å². The summed E-state index contributed by atoms with van der Waals surface area (Å²) < 4.78 is 24.7. The van der Waals surface area contributed by atoms with Gasteiger partial charge in [0.2, 0.25) is 0 Å². The molecule has 0 radical (unpaired) electrons.